The van der Waals surface area contributed by atoms with Crippen LogP contribution < -0.4 is 5.11 Å². The first-order chi connectivity index (χ1) is 12.5. The summed E-state index contributed by atoms with van der Waals surface area (Å²) in [5, 5.41) is 10.5. The van der Waals surface area contributed by atoms with Crippen molar-refractivity contribution in [2.45, 2.75) is 12.8 Å². The van der Waals surface area contributed by atoms with E-state index >= 15 is 0 Å². The van der Waals surface area contributed by atoms with Gasteiger partial charge in [0.1, 0.15) is 21.7 Å². The van der Waals surface area contributed by atoms with Gasteiger partial charge in [-0.05, 0) is 37.1 Å². The van der Waals surface area contributed by atoms with E-state index in [2.05, 4.69) is 0 Å². The highest BCUT2D eigenvalue weighted by Crippen LogP contribution is 2.34. The third-order valence-corrected chi connectivity index (χ3v) is 5.05. The number of carbonyl (C=O) groups excluding carboxylic acids is 2. The van der Waals surface area contributed by atoms with Gasteiger partial charge in [0.05, 0.1) is 10.5 Å². The fourth-order valence-electron chi connectivity index (χ4n) is 2.44. The van der Waals surface area contributed by atoms with Crippen LogP contribution in [-0.4, -0.2) is 27.6 Å². The zero-order chi connectivity index (χ0) is 18.7. The Morgan fingerprint density at radius 2 is 2.08 bits per heavy atom. The lowest BCUT2D eigenvalue weighted by Crippen LogP contribution is -2.30. The van der Waals surface area contributed by atoms with E-state index in [0.717, 1.165) is 11.8 Å². The zero-order valence-corrected chi connectivity index (χ0v) is 15.1. The number of carbonyl (C=O) groups is 2. The van der Waals surface area contributed by atoms with Gasteiger partial charge in [-0.1, -0.05) is 36.1 Å². The molecule has 0 spiro atoms. The van der Waals surface area contributed by atoms with Crippen molar-refractivity contribution in [3.8, 4) is 11.3 Å². The van der Waals surface area contributed by atoms with Crippen molar-refractivity contribution in [3.63, 3.8) is 0 Å². The summed E-state index contributed by atoms with van der Waals surface area (Å²) < 4.78 is 19.8. The summed E-state index contributed by atoms with van der Waals surface area (Å²) in [6.45, 7) is 0.217. The zero-order valence-electron chi connectivity index (χ0n) is 13.4. The molecule has 1 aromatic heterocycles. The minimum atomic E-state index is -1.16. The highest BCUT2D eigenvalue weighted by atomic mass is 32.2. The summed E-state index contributed by atoms with van der Waals surface area (Å²) in [7, 11) is 0. The fraction of sp³-hybridized carbons (Fsp3) is 0.167. The molecular weight excluding hydrogens is 377 g/mol. The molecule has 0 saturated carbocycles. The Morgan fingerprint density at radius 3 is 2.81 bits per heavy atom. The van der Waals surface area contributed by atoms with E-state index in [0.29, 0.717) is 26.3 Å². The minimum Gasteiger partial charge on any atom is -0.550 e. The molecule has 134 valence electrons. The van der Waals surface area contributed by atoms with Crippen LogP contribution in [0.25, 0.3) is 17.4 Å². The molecule has 0 radical (unpaired) electrons. The average molecular weight is 390 g/mol. The molecule has 1 fully saturated rings. The standard InChI is InChI=1S/C18H14FNO4S2/c19-13-5-2-1-4-12(13)14-8-7-11(24-14)10-15-17(23)20(18(25)26-15)9-3-6-16(21)22/h1-2,4-5,7-8,10H,3,6,9H2,(H,21,22)/p-1/b15-10-. The molecule has 1 aliphatic heterocycles. The highest BCUT2D eigenvalue weighted by Gasteiger charge is 2.31. The molecule has 0 atom stereocenters. The maximum absolute atomic E-state index is 13.8. The number of nitrogens with zero attached hydrogens (tertiary/aromatic N) is 1. The number of carboxylic acid groups (broad SMARTS) is 1. The van der Waals surface area contributed by atoms with Crippen molar-refractivity contribution in [1.29, 1.82) is 0 Å². The van der Waals surface area contributed by atoms with Gasteiger partial charge in [0.15, 0.2) is 0 Å². The first-order valence-corrected chi connectivity index (χ1v) is 8.98. The predicted molar refractivity (Wildman–Crippen MR) is 98.2 cm³/mol. The number of thioether (sulfide) groups is 1. The molecular formula is C18H13FNO4S2-. The van der Waals surface area contributed by atoms with Crippen LogP contribution in [0.1, 0.15) is 18.6 Å². The van der Waals surface area contributed by atoms with Gasteiger partial charge >= 0.3 is 0 Å². The van der Waals surface area contributed by atoms with Gasteiger partial charge in [-0.2, -0.15) is 0 Å². The van der Waals surface area contributed by atoms with Crippen LogP contribution in [0.4, 0.5) is 4.39 Å². The number of rotatable bonds is 6. The average Bonchev–Trinajstić information content (AvgIpc) is 3.15. The molecule has 1 saturated heterocycles. The molecule has 1 amide bonds. The number of carboxylic acids is 1. The van der Waals surface area contributed by atoms with Gasteiger partial charge < -0.3 is 14.3 Å². The molecule has 2 aromatic rings. The number of furan rings is 1. The monoisotopic (exact) mass is 390 g/mol. The van der Waals surface area contributed by atoms with Crippen LogP contribution in [0, 0.1) is 5.82 Å². The van der Waals surface area contributed by atoms with Crippen molar-refractivity contribution in [2.24, 2.45) is 0 Å². The molecule has 5 nitrogen and oxygen atoms in total. The maximum atomic E-state index is 13.8. The number of amides is 1. The highest BCUT2D eigenvalue weighted by molar-refractivity contribution is 8.26. The van der Waals surface area contributed by atoms with Gasteiger partial charge in [-0.15, -0.1) is 0 Å². The normalized spacial score (nSPS) is 15.9. The molecule has 8 heteroatoms. The summed E-state index contributed by atoms with van der Waals surface area (Å²) in [6.07, 6.45) is 1.67. The maximum Gasteiger partial charge on any atom is 0.266 e. The topological polar surface area (TPSA) is 73.6 Å². The van der Waals surface area contributed by atoms with Gasteiger partial charge in [0.25, 0.3) is 5.91 Å². The lowest BCUT2D eigenvalue weighted by atomic mass is 10.1. The van der Waals surface area contributed by atoms with Crippen molar-refractivity contribution in [1.82, 2.24) is 4.90 Å². The Labute approximate surface area is 158 Å². The molecule has 0 unspecified atom stereocenters. The van der Waals surface area contributed by atoms with E-state index < -0.39 is 11.8 Å². The van der Waals surface area contributed by atoms with Gasteiger partial charge in [-0.3, -0.25) is 9.69 Å². The van der Waals surface area contributed by atoms with Crippen molar-refractivity contribution < 1.29 is 23.5 Å². The summed E-state index contributed by atoms with van der Waals surface area (Å²) in [6, 6.07) is 9.52. The lowest BCUT2D eigenvalue weighted by Gasteiger charge is -2.14. The van der Waals surface area contributed by atoms with E-state index in [-0.39, 0.29) is 25.3 Å². The third-order valence-electron chi connectivity index (χ3n) is 3.68. The van der Waals surface area contributed by atoms with Crippen LogP contribution in [0.3, 0.4) is 0 Å². The Balaban J connectivity index is 1.75. The van der Waals surface area contributed by atoms with E-state index in [1.54, 1.807) is 36.4 Å². The molecule has 0 aliphatic carbocycles. The smallest absolute Gasteiger partial charge is 0.266 e. The van der Waals surface area contributed by atoms with Crippen molar-refractivity contribution in [3.05, 3.63) is 52.9 Å². The van der Waals surface area contributed by atoms with E-state index in [4.69, 9.17) is 16.6 Å². The SMILES string of the molecule is O=C([O-])CCCN1C(=O)/C(=C/c2ccc(-c3ccccc3F)o2)SC1=S. The Kier molecular flexibility index (Phi) is 5.53. The van der Waals surface area contributed by atoms with Crippen LogP contribution in [0.5, 0.6) is 0 Å². The van der Waals surface area contributed by atoms with E-state index in [1.165, 1.54) is 11.0 Å². The number of halogens is 1. The summed E-state index contributed by atoms with van der Waals surface area (Å²) in [5.41, 5.74) is 0.335. The summed E-state index contributed by atoms with van der Waals surface area (Å²) >= 11 is 6.29. The van der Waals surface area contributed by atoms with Crippen LogP contribution in [-0.2, 0) is 9.59 Å². The second-order valence-corrected chi connectivity index (χ2v) is 7.17. The van der Waals surface area contributed by atoms with Crippen LogP contribution >= 0.6 is 24.0 Å². The summed E-state index contributed by atoms with van der Waals surface area (Å²) in [5.74, 6) is -1.10. The fourth-order valence-corrected chi connectivity index (χ4v) is 3.73. The number of aliphatic carboxylic acids is 1. The number of hydrogen-bond acceptors (Lipinski definition) is 6. The number of hydrogen-bond donors (Lipinski definition) is 0. The predicted octanol–water partition coefficient (Wildman–Crippen LogP) is 2.82. The Morgan fingerprint density at radius 1 is 1.31 bits per heavy atom. The van der Waals surface area contributed by atoms with Crippen LogP contribution in [0.2, 0.25) is 0 Å². The molecule has 2 heterocycles. The van der Waals surface area contributed by atoms with Gasteiger partial charge in [0, 0.05) is 18.6 Å². The van der Waals surface area contributed by atoms with Crippen molar-refractivity contribution >= 4 is 46.3 Å². The lowest BCUT2D eigenvalue weighted by molar-refractivity contribution is -0.305. The largest absolute Gasteiger partial charge is 0.550 e. The Hall–Kier alpha value is -2.45. The summed E-state index contributed by atoms with van der Waals surface area (Å²) in [4.78, 5) is 24.6. The molecule has 3 rings (SSSR count). The van der Waals surface area contributed by atoms with Crippen LogP contribution in [0.15, 0.2) is 45.7 Å². The second-order valence-electron chi connectivity index (χ2n) is 5.49. The van der Waals surface area contributed by atoms with E-state index in [1.807, 2.05) is 0 Å². The molecule has 1 aliphatic rings. The van der Waals surface area contributed by atoms with E-state index in [9.17, 15) is 19.1 Å². The third kappa shape index (κ3) is 4.03. The Bertz CT molecular complexity index is 906. The first kappa shape index (κ1) is 18.3. The molecule has 0 N–H and O–H groups in total. The molecule has 1 aromatic carbocycles. The second kappa shape index (κ2) is 7.84. The molecule has 26 heavy (non-hydrogen) atoms. The quantitative estimate of drug-likeness (QED) is 0.558. The van der Waals surface area contributed by atoms with Gasteiger partial charge in [-0.25, -0.2) is 4.39 Å². The first-order valence-electron chi connectivity index (χ1n) is 7.75. The van der Waals surface area contributed by atoms with Crippen molar-refractivity contribution in [2.75, 3.05) is 6.54 Å². The number of benzene rings is 1. The molecule has 0 bridgehead atoms. The van der Waals surface area contributed by atoms with Gasteiger partial charge in [0.2, 0.25) is 0 Å². The number of thiocarbonyl (C=S) groups is 1. The minimum absolute atomic E-state index is 0.139.